The monoisotopic (exact) mass is 146 g/mol. The van der Waals surface area contributed by atoms with E-state index in [1.165, 1.54) is 0 Å². The summed E-state index contributed by atoms with van der Waals surface area (Å²) in [6, 6.07) is 0. The number of ketones is 1. The number of aliphatic hydroxyl groups is 2. The molecule has 0 bridgehead atoms. The van der Waals surface area contributed by atoms with Gasteiger partial charge in [-0.15, -0.1) is 0 Å². The van der Waals surface area contributed by atoms with Crippen LogP contribution in [0.4, 0.5) is 0 Å². The Hall–Kier alpha value is -0.410. The van der Waals surface area contributed by atoms with E-state index in [1.54, 1.807) is 13.8 Å². The third kappa shape index (κ3) is 5.72. The van der Waals surface area contributed by atoms with Gasteiger partial charge >= 0.3 is 0 Å². The normalized spacial score (nSPS) is 16.4. The topological polar surface area (TPSA) is 57.5 Å². The molecule has 0 aromatic heterocycles. The van der Waals surface area contributed by atoms with Crippen LogP contribution in [-0.4, -0.2) is 28.2 Å². The van der Waals surface area contributed by atoms with Crippen LogP contribution in [-0.2, 0) is 4.79 Å². The van der Waals surface area contributed by atoms with Gasteiger partial charge in [-0.3, -0.25) is 4.79 Å². The average Bonchev–Trinajstić information content (AvgIpc) is 1.58. The summed E-state index contributed by atoms with van der Waals surface area (Å²) in [4.78, 5) is 10.7. The molecular formula is C7H14O3. The van der Waals surface area contributed by atoms with Gasteiger partial charge in [0.2, 0.25) is 0 Å². The van der Waals surface area contributed by atoms with Crippen molar-refractivity contribution in [3.05, 3.63) is 0 Å². The Kier molecular flexibility index (Phi) is 4.23. The van der Waals surface area contributed by atoms with Crippen LogP contribution in [0, 0.1) is 0 Å². The molecule has 2 N–H and O–H groups in total. The fourth-order valence-corrected chi connectivity index (χ4v) is 0.742. The van der Waals surface area contributed by atoms with E-state index in [0.29, 0.717) is 0 Å². The van der Waals surface area contributed by atoms with Crippen LogP contribution in [0.3, 0.4) is 0 Å². The van der Waals surface area contributed by atoms with Gasteiger partial charge in [0.05, 0.1) is 12.2 Å². The molecule has 0 aromatic carbocycles. The molecule has 0 spiro atoms. The molecule has 10 heavy (non-hydrogen) atoms. The maximum Gasteiger partial charge on any atom is 0.138 e. The molecule has 0 fully saturated rings. The van der Waals surface area contributed by atoms with Crippen LogP contribution < -0.4 is 0 Å². The zero-order valence-corrected chi connectivity index (χ0v) is 6.37. The average molecular weight is 146 g/mol. The van der Waals surface area contributed by atoms with Gasteiger partial charge in [-0.05, 0) is 13.8 Å². The predicted molar refractivity (Wildman–Crippen MR) is 37.6 cm³/mol. The van der Waals surface area contributed by atoms with E-state index >= 15 is 0 Å². The Balaban J connectivity index is 3.44. The maximum atomic E-state index is 10.7. The van der Waals surface area contributed by atoms with E-state index < -0.39 is 12.2 Å². The lowest BCUT2D eigenvalue weighted by Crippen LogP contribution is -2.14. The largest absolute Gasteiger partial charge is 0.393 e. The highest BCUT2D eigenvalue weighted by Crippen LogP contribution is 1.98. The number of Topliss-reactive ketones (excluding diaryl/α,β-unsaturated/α-hetero) is 1. The van der Waals surface area contributed by atoms with Crippen LogP contribution in [0.2, 0.25) is 0 Å². The van der Waals surface area contributed by atoms with Gasteiger partial charge in [0.1, 0.15) is 5.78 Å². The van der Waals surface area contributed by atoms with E-state index in [1.807, 2.05) is 0 Å². The molecule has 60 valence electrons. The summed E-state index contributed by atoms with van der Waals surface area (Å²) >= 11 is 0. The zero-order valence-electron chi connectivity index (χ0n) is 6.37. The Bertz CT molecular complexity index is 95.4. The molecule has 0 heterocycles. The Morgan fingerprint density at radius 3 is 1.70 bits per heavy atom. The minimum Gasteiger partial charge on any atom is -0.393 e. The Morgan fingerprint density at radius 2 is 1.50 bits per heavy atom. The van der Waals surface area contributed by atoms with Crippen molar-refractivity contribution < 1.29 is 15.0 Å². The Morgan fingerprint density at radius 1 is 1.20 bits per heavy atom. The van der Waals surface area contributed by atoms with Crippen molar-refractivity contribution in [3.63, 3.8) is 0 Å². The molecule has 0 aliphatic heterocycles. The summed E-state index contributed by atoms with van der Waals surface area (Å²) in [6.45, 7) is 3.11. The van der Waals surface area contributed by atoms with Gasteiger partial charge in [0.25, 0.3) is 0 Å². The summed E-state index contributed by atoms with van der Waals surface area (Å²) in [5.41, 5.74) is 0. The minimum absolute atomic E-state index is 0.0926. The van der Waals surface area contributed by atoms with E-state index in [4.69, 9.17) is 10.2 Å². The van der Waals surface area contributed by atoms with E-state index in [9.17, 15) is 4.79 Å². The molecule has 0 aromatic rings. The highest BCUT2D eigenvalue weighted by Gasteiger charge is 2.08. The van der Waals surface area contributed by atoms with Crippen molar-refractivity contribution >= 4 is 5.78 Å². The van der Waals surface area contributed by atoms with Gasteiger partial charge < -0.3 is 10.2 Å². The second kappa shape index (κ2) is 4.41. The third-order valence-electron chi connectivity index (χ3n) is 1.05. The second-order valence-electron chi connectivity index (χ2n) is 2.64. The minimum atomic E-state index is -0.591. The molecule has 2 atom stereocenters. The summed E-state index contributed by atoms with van der Waals surface area (Å²) in [5.74, 6) is -0.0926. The number of hydrogen-bond donors (Lipinski definition) is 2. The van der Waals surface area contributed by atoms with Gasteiger partial charge in [-0.25, -0.2) is 0 Å². The molecule has 0 rings (SSSR count). The van der Waals surface area contributed by atoms with E-state index in [-0.39, 0.29) is 18.6 Å². The third-order valence-corrected chi connectivity index (χ3v) is 1.05. The van der Waals surface area contributed by atoms with Crippen molar-refractivity contribution in [2.45, 2.75) is 38.9 Å². The van der Waals surface area contributed by atoms with Crippen molar-refractivity contribution in [1.82, 2.24) is 0 Å². The molecule has 3 heteroatoms. The van der Waals surface area contributed by atoms with Gasteiger partial charge in [0.15, 0.2) is 0 Å². The molecule has 0 aliphatic rings. The molecule has 0 saturated carbocycles. The second-order valence-corrected chi connectivity index (χ2v) is 2.64. The number of aliphatic hydroxyl groups excluding tert-OH is 2. The number of hydrogen-bond acceptors (Lipinski definition) is 3. The SMILES string of the molecule is C[C@H](O)CC(=O)C[C@@H](C)O. The maximum absolute atomic E-state index is 10.7. The number of carbonyl (C=O) groups excluding carboxylic acids is 1. The first-order valence-corrected chi connectivity index (χ1v) is 3.40. The summed E-state index contributed by atoms with van der Waals surface area (Å²) in [7, 11) is 0. The summed E-state index contributed by atoms with van der Waals surface area (Å²) < 4.78 is 0. The highest BCUT2D eigenvalue weighted by molar-refractivity contribution is 5.79. The quantitative estimate of drug-likeness (QED) is 0.591. The first-order chi connectivity index (χ1) is 4.52. The molecule has 0 amide bonds. The lowest BCUT2D eigenvalue weighted by molar-refractivity contribution is -0.122. The molecular weight excluding hydrogens is 132 g/mol. The lowest BCUT2D eigenvalue weighted by Gasteiger charge is -2.04. The number of carbonyl (C=O) groups is 1. The molecule has 3 nitrogen and oxygen atoms in total. The van der Waals surface area contributed by atoms with Crippen molar-refractivity contribution in [2.24, 2.45) is 0 Å². The van der Waals surface area contributed by atoms with E-state index in [0.717, 1.165) is 0 Å². The van der Waals surface area contributed by atoms with Gasteiger partial charge in [-0.1, -0.05) is 0 Å². The van der Waals surface area contributed by atoms with Crippen LogP contribution in [0.15, 0.2) is 0 Å². The van der Waals surface area contributed by atoms with Crippen LogP contribution >= 0.6 is 0 Å². The zero-order chi connectivity index (χ0) is 8.15. The van der Waals surface area contributed by atoms with E-state index in [2.05, 4.69) is 0 Å². The number of rotatable bonds is 4. The highest BCUT2D eigenvalue weighted by atomic mass is 16.3. The molecule has 0 saturated heterocycles. The van der Waals surface area contributed by atoms with Crippen molar-refractivity contribution in [3.8, 4) is 0 Å². The van der Waals surface area contributed by atoms with Gasteiger partial charge in [-0.2, -0.15) is 0 Å². The summed E-state index contributed by atoms with van der Waals surface area (Å²) in [6.07, 6.45) is -0.895. The molecule has 0 aliphatic carbocycles. The van der Waals surface area contributed by atoms with Crippen molar-refractivity contribution in [1.29, 1.82) is 0 Å². The van der Waals surface area contributed by atoms with Crippen molar-refractivity contribution in [2.75, 3.05) is 0 Å². The fourth-order valence-electron chi connectivity index (χ4n) is 0.742. The Labute approximate surface area is 60.7 Å². The standard InChI is InChI=1S/C7H14O3/c1-5(8)3-7(10)4-6(2)9/h5-6,8-9H,3-4H2,1-2H3/t5-,6+. The summed E-state index contributed by atoms with van der Waals surface area (Å²) in [5, 5.41) is 17.5. The lowest BCUT2D eigenvalue weighted by atomic mass is 10.1. The first kappa shape index (κ1) is 9.59. The van der Waals surface area contributed by atoms with Crippen LogP contribution in [0.25, 0.3) is 0 Å². The fraction of sp³-hybridized carbons (Fsp3) is 0.857. The molecule has 0 unspecified atom stereocenters. The predicted octanol–water partition coefficient (Wildman–Crippen LogP) is 0.0973. The van der Waals surface area contributed by atoms with Gasteiger partial charge in [0, 0.05) is 12.8 Å². The first-order valence-electron chi connectivity index (χ1n) is 3.40. The van der Waals surface area contributed by atoms with Crippen LogP contribution in [0.5, 0.6) is 0 Å². The molecule has 0 radical (unpaired) electrons. The smallest absolute Gasteiger partial charge is 0.138 e. The van der Waals surface area contributed by atoms with Crippen LogP contribution in [0.1, 0.15) is 26.7 Å².